The van der Waals surface area contributed by atoms with Gasteiger partial charge in [0.2, 0.25) is 5.91 Å². The van der Waals surface area contributed by atoms with Gasteiger partial charge in [-0.1, -0.05) is 0 Å². The van der Waals surface area contributed by atoms with Crippen LogP contribution >= 0.6 is 0 Å². The van der Waals surface area contributed by atoms with Crippen molar-refractivity contribution in [3.63, 3.8) is 0 Å². The molecule has 0 bridgehead atoms. The number of aryl methyl sites for hydroxylation is 1. The molecule has 0 radical (unpaired) electrons. The summed E-state index contributed by atoms with van der Waals surface area (Å²) < 4.78 is 0. The van der Waals surface area contributed by atoms with Gasteiger partial charge in [-0.15, -0.1) is 0 Å². The number of nitriles is 1. The van der Waals surface area contributed by atoms with Crippen LogP contribution in [0.2, 0.25) is 0 Å². The average Bonchev–Trinajstić information content (AvgIpc) is 2.49. The number of carbonyl (C=O) groups is 1. The lowest BCUT2D eigenvalue weighted by atomic mass is 10.4. The molecule has 0 saturated heterocycles. The van der Waals surface area contributed by atoms with Crippen LogP contribution in [0.1, 0.15) is 12.1 Å². The van der Waals surface area contributed by atoms with E-state index in [1.165, 1.54) is 4.80 Å². The van der Waals surface area contributed by atoms with Crippen LogP contribution in [0.5, 0.6) is 0 Å². The van der Waals surface area contributed by atoms with Crippen molar-refractivity contribution in [3.8, 4) is 6.07 Å². The summed E-state index contributed by atoms with van der Waals surface area (Å²) in [5.74, 6) is -0.298. The Balaban J connectivity index is 2.36. The fourth-order valence-electron chi connectivity index (χ4n) is 0.792. The zero-order chi connectivity index (χ0) is 9.68. The Kier molecular flexibility index (Phi) is 2.97. The smallest absolute Gasteiger partial charge is 0.234 e. The number of rotatable bonds is 3. The summed E-state index contributed by atoms with van der Waals surface area (Å²) in [5, 5.41) is 18.5. The van der Waals surface area contributed by atoms with Crippen LogP contribution in [0.15, 0.2) is 6.20 Å². The minimum Gasteiger partial charge on any atom is -0.349 e. The van der Waals surface area contributed by atoms with Crippen LogP contribution in [-0.4, -0.2) is 20.9 Å². The number of nitrogens with one attached hydrogen (secondary N) is 1. The molecule has 1 N–H and O–H groups in total. The standard InChI is InChI=1S/C7H9N5O/c1-12-10-5-6(11-12)4-9-7(13)2-3-8/h5H,2,4H2,1H3,(H,9,13). The predicted molar refractivity (Wildman–Crippen MR) is 43.1 cm³/mol. The van der Waals surface area contributed by atoms with Crippen molar-refractivity contribution in [3.05, 3.63) is 11.9 Å². The van der Waals surface area contributed by atoms with Crippen LogP contribution < -0.4 is 5.32 Å². The van der Waals surface area contributed by atoms with E-state index in [1.54, 1.807) is 19.3 Å². The summed E-state index contributed by atoms with van der Waals surface area (Å²) in [7, 11) is 1.70. The van der Waals surface area contributed by atoms with E-state index in [-0.39, 0.29) is 12.3 Å². The Morgan fingerprint density at radius 1 is 1.85 bits per heavy atom. The molecule has 0 aliphatic rings. The largest absolute Gasteiger partial charge is 0.349 e. The second-order valence-electron chi connectivity index (χ2n) is 2.44. The van der Waals surface area contributed by atoms with Crippen molar-refractivity contribution >= 4 is 5.91 Å². The lowest BCUT2D eigenvalue weighted by Crippen LogP contribution is -2.22. The van der Waals surface area contributed by atoms with Crippen LogP contribution in [0.3, 0.4) is 0 Å². The summed E-state index contributed by atoms with van der Waals surface area (Å²) >= 11 is 0. The predicted octanol–water partition coefficient (Wildman–Crippen LogP) is -0.655. The second kappa shape index (κ2) is 4.21. The molecular weight excluding hydrogens is 170 g/mol. The zero-order valence-corrected chi connectivity index (χ0v) is 7.19. The highest BCUT2D eigenvalue weighted by atomic mass is 16.1. The number of carbonyl (C=O) groups excluding carboxylic acids is 1. The topological polar surface area (TPSA) is 83.6 Å². The second-order valence-corrected chi connectivity index (χ2v) is 2.44. The van der Waals surface area contributed by atoms with Gasteiger partial charge in [0.1, 0.15) is 12.1 Å². The molecule has 0 aliphatic heterocycles. The van der Waals surface area contributed by atoms with E-state index >= 15 is 0 Å². The van der Waals surface area contributed by atoms with Crippen molar-refractivity contribution in [2.75, 3.05) is 0 Å². The van der Waals surface area contributed by atoms with Gasteiger partial charge in [0.05, 0.1) is 18.8 Å². The minimum atomic E-state index is -0.298. The molecule has 1 rings (SSSR count). The Labute approximate surface area is 75.2 Å². The molecule has 0 fully saturated rings. The van der Waals surface area contributed by atoms with Gasteiger partial charge in [0, 0.05) is 7.05 Å². The van der Waals surface area contributed by atoms with Crippen molar-refractivity contribution < 1.29 is 4.79 Å². The molecule has 0 unspecified atom stereocenters. The highest BCUT2D eigenvalue weighted by Gasteiger charge is 2.01. The Hall–Kier alpha value is -1.90. The van der Waals surface area contributed by atoms with Crippen LogP contribution in [-0.2, 0) is 18.4 Å². The van der Waals surface area contributed by atoms with Gasteiger partial charge in [-0.25, -0.2) is 0 Å². The highest BCUT2D eigenvalue weighted by molar-refractivity contribution is 5.77. The molecule has 68 valence electrons. The fourth-order valence-corrected chi connectivity index (χ4v) is 0.792. The monoisotopic (exact) mass is 179 g/mol. The molecule has 6 nitrogen and oxygen atoms in total. The molecular formula is C7H9N5O. The van der Waals surface area contributed by atoms with E-state index in [9.17, 15) is 4.79 Å². The lowest BCUT2D eigenvalue weighted by molar-refractivity contribution is -0.120. The van der Waals surface area contributed by atoms with Crippen LogP contribution in [0.25, 0.3) is 0 Å². The minimum absolute atomic E-state index is 0.125. The molecule has 1 aromatic heterocycles. The van der Waals surface area contributed by atoms with Gasteiger partial charge in [-0.2, -0.15) is 20.3 Å². The lowest BCUT2D eigenvalue weighted by Gasteiger charge is -1.97. The Morgan fingerprint density at radius 2 is 2.62 bits per heavy atom. The molecule has 0 saturated carbocycles. The van der Waals surface area contributed by atoms with Gasteiger partial charge in [-0.05, 0) is 0 Å². The molecule has 1 amide bonds. The van der Waals surface area contributed by atoms with Crippen molar-refractivity contribution in [2.45, 2.75) is 13.0 Å². The van der Waals surface area contributed by atoms with E-state index in [0.717, 1.165) is 0 Å². The first kappa shape index (κ1) is 9.19. The quantitative estimate of drug-likeness (QED) is 0.668. The zero-order valence-electron chi connectivity index (χ0n) is 7.19. The average molecular weight is 179 g/mol. The van der Waals surface area contributed by atoms with Gasteiger partial charge in [0.15, 0.2) is 0 Å². The van der Waals surface area contributed by atoms with Crippen LogP contribution in [0, 0.1) is 11.3 Å². The fraction of sp³-hybridized carbons (Fsp3) is 0.429. The van der Waals surface area contributed by atoms with E-state index in [0.29, 0.717) is 12.2 Å². The summed E-state index contributed by atoms with van der Waals surface area (Å²) in [5.41, 5.74) is 0.675. The molecule has 0 atom stereocenters. The molecule has 0 aliphatic carbocycles. The molecule has 0 aromatic carbocycles. The molecule has 1 aromatic rings. The number of hydrogen-bond acceptors (Lipinski definition) is 4. The molecule has 6 heteroatoms. The van der Waals surface area contributed by atoms with Gasteiger partial charge in [0.25, 0.3) is 0 Å². The van der Waals surface area contributed by atoms with Gasteiger partial charge in [-0.3, -0.25) is 4.79 Å². The number of aromatic nitrogens is 3. The first-order chi connectivity index (χ1) is 6.22. The van der Waals surface area contributed by atoms with Crippen molar-refractivity contribution in [1.82, 2.24) is 20.3 Å². The summed E-state index contributed by atoms with van der Waals surface area (Å²) in [4.78, 5) is 12.2. The number of hydrogen-bond donors (Lipinski definition) is 1. The van der Waals surface area contributed by atoms with E-state index < -0.39 is 0 Å². The summed E-state index contributed by atoms with van der Waals surface area (Å²) in [6, 6.07) is 1.76. The first-order valence-electron chi connectivity index (χ1n) is 3.71. The molecule has 1 heterocycles. The Bertz CT molecular complexity index is 337. The van der Waals surface area contributed by atoms with Gasteiger partial charge < -0.3 is 5.32 Å². The third kappa shape index (κ3) is 2.91. The van der Waals surface area contributed by atoms with Crippen molar-refractivity contribution in [2.24, 2.45) is 7.05 Å². The SMILES string of the molecule is Cn1ncc(CNC(=O)CC#N)n1. The Morgan fingerprint density at radius 3 is 3.15 bits per heavy atom. The maximum Gasteiger partial charge on any atom is 0.234 e. The van der Waals surface area contributed by atoms with Crippen LogP contribution in [0.4, 0.5) is 0 Å². The number of nitrogens with zero attached hydrogens (tertiary/aromatic N) is 4. The van der Waals surface area contributed by atoms with E-state index in [4.69, 9.17) is 5.26 Å². The molecule has 0 spiro atoms. The maximum absolute atomic E-state index is 10.8. The third-order valence-electron chi connectivity index (χ3n) is 1.35. The summed E-state index contributed by atoms with van der Waals surface area (Å²) in [6.45, 7) is 0.314. The molecule has 13 heavy (non-hydrogen) atoms. The first-order valence-corrected chi connectivity index (χ1v) is 3.71. The maximum atomic E-state index is 10.8. The summed E-state index contributed by atoms with van der Waals surface area (Å²) in [6.07, 6.45) is 1.44. The normalized spacial score (nSPS) is 9.23. The van der Waals surface area contributed by atoms with E-state index in [1.807, 2.05) is 0 Å². The van der Waals surface area contributed by atoms with Crippen molar-refractivity contribution in [1.29, 1.82) is 5.26 Å². The number of amides is 1. The van der Waals surface area contributed by atoms with E-state index in [2.05, 4.69) is 15.5 Å². The van der Waals surface area contributed by atoms with Gasteiger partial charge >= 0.3 is 0 Å². The highest BCUT2D eigenvalue weighted by Crippen LogP contribution is 1.89. The third-order valence-corrected chi connectivity index (χ3v) is 1.35.